The van der Waals surface area contributed by atoms with Crippen molar-refractivity contribution in [3.05, 3.63) is 17.5 Å². The maximum atomic E-state index is 9.73. The Morgan fingerprint density at radius 2 is 2.38 bits per heavy atom. The normalized spacial score (nSPS) is 13.2. The summed E-state index contributed by atoms with van der Waals surface area (Å²) in [7, 11) is 1.86. The number of aryl methyl sites for hydroxylation is 2. The molecule has 2 N–H and O–H groups in total. The van der Waals surface area contributed by atoms with Crippen molar-refractivity contribution in [3.8, 4) is 0 Å². The number of aromatic nitrogens is 2. The molecule has 0 aromatic carbocycles. The summed E-state index contributed by atoms with van der Waals surface area (Å²) < 4.78 is 1.72. The van der Waals surface area contributed by atoms with Gasteiger partial charge in [0.25, 0.3) is 0 Å². The summed E-state index contributed by atoms with van der Waals surface area (Å²) in [5.41, 5.74) is 1.80. The van der Waals surface area contributed by atoms with E-state index in [1.165, 1.54) is 0 Å². The van der Waals surface area contributed by atoms with Crippen LogP contribution in [0, 0.1) is 6.92 Å². The maximum absolute atomic E-state index is 9.73. The monoisotopic (exact) mass is 183 g/mol. The van der Waals surface area contributed by atoms with Crippen molar-refractivity contribution in [3.63, 3.8) is 0 Å². The lowest BCUT2D eigenvalue weighted by atomic mass is 10.1. The van der Waals surface area contributed by atoms with Crippen LogP contribution in [-0.2, 0) is 7.05 Å². The Bertz CT molecular complexity index is 270. The first-order valence-corrected chi connectivity index (χ1v) is 4.54. The fourth-order valence-corrected chi connectivity index (χ4v) is 1.34. The van der Waals surface area contributed by atoms with E-state index in [2.05, 4.69) is 10.4 Å². The van der Waals surface area contributed by atoms with Crippen molar-refractivity contribution in [2.75, 3.05) is 13.1 Å². The summed E-state index contributed by atoms with van der Waals surface area (Å²) in [6, 6.07) is 0. The number of likely N-dealkylation sites (N-methyl/N-ethyl adjacent to an activating group) is 1. The summed E-state index contributed by atoms with van der Waals surface area (Å²) >= 11 is 0. The molecule has 1 atom stereocenters. The fourth-order valence-electron chi connectivity index (χ4n) is 1.34. The van der Waals surface area contributed by atoms with Crippen LogP contribution in [0.1, 0.15) is 24.3 Å². The highest BCUT2D eigenvalue weighted by atomic mass is 16.3. The lowest BCUT2D eigenvalue weighted by Gasteiger charge is -2.09. The Kier molecular flexibility index (Phi) is 3.45. The molecule has 0 bridgehead atoms. The predicted octanol–water partition coefficient (Wildman–Crippen LogP) is 0.371. The van der Waals surface area contributed by atoms with Crippen LogP contribution in [0.25, 0.3) is 0 Å². The van der Waals surface area contributed by atoms with Crippen LogP contribution in [0.3, 0.4) is 0 Å². The first kappa shape index (κ1) is 10.2. The van der Waals surface area contributed by atoms with Gasteiger partial charge in [0.15, 0.2) is 0 Å². The molecule has 1 aromatic rings. The standard InChI is InChI=1S/C9H17N3O/c1-4-10-5-9(13)8-6-12(3)11-7(8)2/h6,9-10,13H,4-5H2,1-3H3. The van der Waals surface area contributed by atoms with Gasteiger partial charge >= 0.3 is 0 Å². The van der Waals surface area contributed by atoms with Gasteiger partial charge in [-0.3, -0.25) is 4.68 Å². The van der Waals surface area contributed by atoms with Crippen molar-refractivity contribution in [2.24, 2.45) is 7.05 Å². The van der Waals surface area contributed by atoms with E-state index >= 15 is 0 Å². The zero-order chi connectivity index (χ0) is 9.84. The molecule has 0 fully saturated rings. The fraction of sp³-hybridized carbons (Fsp3) is 0.667. The van der Waals surface area contributed by atoms with Crippen molar-refractivity contribution in [1.29, 1.82) is 0 Å². The lowest BCUT2D eigenvalue weighted by Crippen LogP contribution is -2.21. The molecule has 4 heteroatoms. The molecule has 0 aliphatic heterocycles. The smallest absolute Gasteiger partial charge is 0.0947 e. The molecule has 0 radical (unpaired) electrons. The van der Waals surface area contributed by atoms with Crippen molar-refractivity contribution in [2.45, 2.75) is 20.0 Å². The van der Waals surface area contributed by atoms with Crippen LogP contribution >= 0.6 is 0 Å². The Hall–Kier alpha value is -0.870. The lowest BCUT2D eigenvalue weighted by molar-refractivity contribution is 0.175. The molecule has 13 heavy (non-hydrogen) atoms. The Morgan fingerprint density at radius 3 is 2.85 bits per heavy atom. The van der Waals surface area contributed by atoms with Gasteiger partial charge in [0.2, 0.25) is 0 Å². The second-order valence-electron chi connectivity index (χ2n) is 3.17. The summed E-state index contributed by atoms with van der Waals surface area (Å²) in [4.78, 5) is 0. The van der Waals surface area contributed by atoms with E-state index in [4.69, 9.17) is 0 Å². The Morgan fingerprint density at radius 1 is 1.69 bits per heavy atom. The molecule has 0 saturated carbocycles. The molecule has 0 saturated heterocycles. The summed E-state index contributed by atoms with van der Waals surface area (Å²) in [6.45, 7) is 5.38. The minimum absolute atomic E-state index is 0.450. The first-order chi connectivity index (χ1) is 6.15. The van der Waals surface area contributed by atoms with E-state index in [1.807, 2.05) is 27.1 Å². The third-order valence-corrected chi connectivity index (χ3v) is 2.00. The van der Waals surface area contributed by atoms with Crippen LogP contribution < -0.4 is 5.32 Å². The zero-order valence-corrected chi connectivity index (χ0v) is 8.41. The molecule has 0 spiro atoms. The molecule has 74 valence electrons. The number of hydrogen-bond donors (Lipinski definition) is 2. The van der Waals surface area contributed by atoms with Crippen LogP contribution in [0.4, 0.5) is 0 Å². The molecule has 0 aliphatic rings. The highest BCUT2D eigenvalue weighted by Gasteiger charge is 2.12. The highest BCUT2D eigenvalue weighted by Crippen LogP contribution is 2.14. The average molecular weight is 183 g/mol. The topological polar surface area (TPSA) is 50.1 Å². The zero-order valence-electron chi connectivity index (χ0n) is 8.41. The number of aliphatic hydroxyl groups excluding tert-OH is 1. The number of nitrogens with one attached hydrogen (secondary N) is 1. The number of rotatable bonds is 4. The third kappa shape index (κ3) is 2.54. The second-order valence-corrected chi connectivity index (χ2v) is 3.17. The van der Waals surface area contributed by atoms with E-state index in [1.54, 1.807) is 4.68 Å². The number of hydrogen-bond acceptors (Lipinski definition) is 3. The van der Waals surface area contributed by atoms with E-state index in [-0.39, 0.29) is 0 Å². The van der Waals surface area contributed by atoms with E-state index < -0.39 is 6.10 Å². The van der Waals surface area contributed by atoms with Crippen LogP contribution in [0.2, 0.25) is 0 Å². The van der Waals surface area contributed by atoms with Gasteiger partial charge in [-0.1, -0.05) is 6.92 Å². The van der Waals surface area contributed by atoms with Gasteiger partial charge in [-0.15, -0.1) is 0 Å². The van der Waals surface area contributed by atoms with Crippen LogP contribution in [0.5, 0.6) is 0 Å². The Labute approximate surface area is 78.6 Å². The summed E-state index contributed by atoms with van der Waals surface area (Å²) in [5.74, 6) is 0. The molecular formula is C9H17N3O. The minimum atomic E-state index is -0.450. The van der Waals surface area contributed by atoms with Crippen LogP contribution in [0.15, 0.2) is 6.20 Å². The quantitative estimate of drug-likeness (QED) is 0.709. The summed E-state index contributed by atoms with van der Waals surface area (Å²) in [5, 5.41) is 17.0. The number of aliphatic hydroxyl groups is 1. The summed E-state index contributed by atoms with van der Waals surface area (Å²) in [6.07, 6.45) is 1.41. The molecule has 1 rings (SSSR count). The number of nitrogens with zero attached hydrogens (tertiary/aromatic N) is 2. The van der Waals surface area contributed by atoms with E-state index in [0.29, 0.717) is 6.54 Å². The average Bonchev–Trinajstić information content (AvgIpc) is 2.41. The molecule has 0 aliphatic carbocycles. The maximum Gasteiger partial charge on any atom is 0.0947 e. The van der Waals surface area contributed by atoms with Crippen LogP contribution in [-0.4, -0.2) is 28.0 Å². The van der Waals surface area contributed by atoms with Gasteiger partial charge in [-0.25, -0.2) is 0 Å². The first-order valence-electron chi connectivity index (χ1n) is 4.54. The SMILES string of the molecule is CCNCC(O)c1cn(C)nc1C. The van der Waals surface area contributed by atoms with E-state index in [0.717, 1.165) is 17.8 Å². The van der Waals surface area contributed by atoms with Gasteiger partial charge < -0.3 is 10.4 Å². The minimum Gasteiger partial charge on any atom is -0.387 e. The molecule has 4 nitrogen and oxygen atoms in total. The second kappa shape index (κ2) is 4.39. The third-order valence-electron chi connectivity index (χ3n) is 2.00. The molecular weight excluding hydrogens is 166 g/mol. The highest BCUT2D eigenvalue weighted by molar-refractivity contribution is 5.18. The molecule has 0 amide bonds. The van der Waals surface area contributed by atoms with Gasteiger partial charge in [0.05, 0.1) is 11.8 Å². The molecule has 1 heterocycles. The van der Waals surface area contributed by atoms with E-state index in [9.17, 15) is 5.11 Å². The largest absolute Gasteiger partial charge is 0.387 e. The molecule has 1 unspecified atom stereocenters. The van der Waals surface area contributed by atoms with Gasteiger partial charge in [-0.05, 0) is 13.5 Å². The molecule has 1 aromatic heterocycles. The van der Waals surface area contributed by atoms with Crippen molar-refractivity contribution < 1.29 is 5.11 Å². The predicted molar refractivity (Wildman–Crippen MR) is 51.4 cm³/mol. The van der Waals surface area contributed by atoms with Gasteiger partial charge in [-0.2, -0.15) is 5.10 Å². The Balaban J connectivity index is 2.64. The van der Waals surface area contributed by atoms with Gasteiger partial charge in [0.1, 0.15) is 0 Å². The van der Waals surface area contributed by atoms with Gasteiger partial charge in [0, 0.05) is 25.4 Å². The van der Waals surface area contributed by atoms with Crippen molar-refractivity contribution in [1.82, 2.24) is 15.1 Å². The van der Waals surface area contributed by atoms with Crippen molar-refractivity contribution >= 4 is 0 Å².